The fourth-order valence-electron chi connectivity index (χ4n) is 4.52. The zero-order chi connectivity index (χ0) is 32.4. The van der Waals surface area contributed by atoms with E-state index in [1.807, 2.05) is 27.0 Å². The number of amides is 2. The monoisotopic (exact) mass is 679 g/mol. The normalized spacial score (nSPS) is 12.7. The Morgan fingerprint density at radius 2 is 1.64 bits per heavy atom. The number of hydrogen-bond acceptors (Lipinski definition) is 6. The van der Waals surface area contributed by atoms with Crippen LogP contribution in [-0.2, 0) is 26.2 Å². The zero-order valence-corrected chi connectivity index (χ0v) is 28.7. The summed E-state index contributed by atoms with van der Waals surface area (Å²) in [6.07, 6.45) is 2.91. The molecule has 12 heteroatoms. The molecule has 44 heavy (non-hydrogen) atoms. The maximum absolute atomic E-state index is 14.3. The van der Waals surface area contributed by atoms with Crippen LogP contribution in [-0.4, -0.2) is 56.6 Å². The summed E-state index contributed by atoms with van der Waals surface area (Å²) in [4.78, 5) is 30.1. The van der Waals surface area contributed by atoms with Crippen molar-refractivity contribution in [3.05, 3.63) is 82.3 Å². The van der Waals surface area contributed by atoms with Gasteiger partial charge in [-0.1, -0.05) is 55.2 Å². The number of nitrogens with one attached hydrogen (secondary N) is 1. The number of nitrogens with zero attached hydrogens (tertiary/aromatic N) is 2. The average Bonchev–Trinajstić information content (AvgIpc) is 3.01. The van der Waals surface area contributed by atoms with E-state index in [4.69, 9.17) is 27.9 Å². The Balaban J connectivity index is 2.13. The van der Waals surface area contributed by atoms with Crippen LogP contribution >= 0.6 is 35.0 Å². The molecule has 3 aromatic carbocycles. The van der Waals surface area contributed by atoms with Gasteiger partial charge in [0.05, 0.1) is 27.2 Å². The summed E-state index contributed by atoms with van der Waals surface area (Å²) in [5.74, 6) is -0.588. The highest BCUT2D eigenvalue weighted by molar-refractivity contribution is 7.98. The molecule has 0 spiro atoms. The molecule has 0 fully saturated rings. The number of halogens is 2. The average molecular weight is 681 g/mol. The van der Waals surface area contributed by atoms with Crippen molar-refractivity contribution in [2.45, 2.75) is 69.0 Å². The first-order valence-corrected chi connectivity index (χ1v) is 17.8. The Kier molecular flexibility index (Phi) is 13.3. The summed E-state index contributed by atoms with van der Waals surface area (Å²) in [7, 11) is -4.25. The first-order valence-electron chi connectivity index (χ1n) is 14.4. The highest BCUT2D eigenvalue weighted by Gasteiger charge is 2.35. The van der Waals surface area contributed by atoms with Gasteiger partial charge in [0.15, 0.2) is 0 Å². The number of thioether (sulfide) groups is 1. The Morgan fingerprint density at radius 3 is 2.23 bits per heavy atom. The van der Waals surface area contributed by atoms with Crippen LogP contribution in [0, 0.1) is 0 Å². The van der Waals surface area contributed by atoms with Gasteiger partial charge in [0.2, 0.25) is 11.8 Å². The largest absolute Gasteiger partial charge is 0.492 e. The molecule has 0 heterocycles. The molecule has 0 aliphatic carbocycles. The van der Waals surface area contributed by atoms with E-state index in [9.17, 15) is 18.0 Å². The highest BCUT2D eigenvalue weighted by atomic mass is 35.5. The topological polar surface area (TPSA) is 96.0 Å². The van der Waals surface area contributed by atoms with Gasteiger partial charge in [-0.3, -0.25) is 13.9 Å². The fraction of sp³-hybridized carbons (Fsp3) is 0.375. The van der Waals surface area contributed by atoms with Crippen LogP contribution in [0.5, 0.6) is 5.75 Å². The minimum absolute atomic E-state index is 0.00553. The maximum Gasteiger partial charge on any atom is 0.264 e. The third-order valence-corrected chi connectivity index (χ3v) is 10.3. The highest BCUT2D eigenvalue weighted by Crippen LogP contribution is 2.33. The minimum Gasteiger partial charge on any atom is -0.492 e. The van der Waals surface area contributed by atoms with Crippen molar-refractivity contribution in [1.82, 2.24) is 10.2 Å². The summed E-state index contributed by atoms with van der Waals surface area (Å²) >= 11 is 13.9. The second kappa shape index (κ2) is 16.4. The van der Waals surface area contributed by atoms with Crippen LogP contribution < -0.4 is 14.4 Å². The van der Waals surface area contributed by atoms with Crippen molar-refractivity contribution in [3.63, 3.8) is 0 Å². The van der Waals surface area contributed by atoms with Gasteiger partial charge in [-0.15, -0.1) is 11.8 Å². The van der Waals surface area contributed by atoms with Crippen LogP contribution in [0.15, 0.2) is 76.5 Å². The Hall–Kier alpha value is -2.92. The second-order valence-corrected chi connectivity index (χ2v) is 13.7. The lowest BCUT2D eigenvalue weighted by Crippen LogP contribution is -2.53. The van der Waals surface area contributed by atoms with E-state index in [1.165, 1.54) is 28.8 Å². The van der Waals surface area contributed by atoms with E-state index in [-0.39, 0.29) is 29.1 Å². The molecule has 2 atom stereocenters. The number of para-hydroxylation sites is 2. The molecule has 3 rings (SSSR count). The first-order chi connectivity index (χ1) is 21.0. The van der Waals surface area contributed by atoms with Crippen molar-refractivity contribution in [1.29, 1.82) is 0 Å². The zero-order valence-electron chi connectivity index (χ0n) is 25.5. The van der Waals surface area contributed by atoms with Crippen molar-refractivity contribution in [2.24, 2.45) is 0 Å². The summed E-state index contributed by atoms with van der Waals surface area (Å²) in [6, 6.07) is 17.1. The lowest BCUT2D eigenvalue weighted by atomic mass is 10.1. The van der Waals surface area contributed by atoms with Crippen LogP contribution in [0.1, 0.15) is 46.1 Å². The number of benzene rings is 3. The van der Waals surface area contributed by atoms with Crippen LogP contribution in [0.4, 0.5) is 5.69 Å². The summed E-state index contributed by atoms with van der Waals surface area (Å²) in [5.41, 5.74) is 0.850. The van der Waals surface area contributed by atoms with Gasteiger partial charge >= 0.3 is 0 Å². The van der Waals surface area contributed by atoms with E-state index >= 15 is 0 Å². The quantitative estimate of drug-likeness (QED) is 0.173. The minimum atomic E-state index is -4.25. The predicted octanol–water partition coefficient (Wildman–Crippen LogP) is 7.03. The van der Waals surface area contributed by atoms with Crippen LogP contribution in [0.25, 0.3) is 0 Å². The van der Waals surface area contributed by atoms with E-state index in [1.54, 1.807) is 61.5 Å². The van der Waals surface area contributed by atoms with Gasteiger partial charge in [-0.2, -0.15) is 0 Å². The summed E-state index contributed by atoms with van der Waals surface area (Å²) < 4.78 is 35.3. The molecule has 0 unspecified atom stereocenters. The lowest BCUT2D eigenvalue weighted by Gasteiger charge is -2.34. The lowest BCUT2D eigenvalue weighted by molar-refractivity contribution is -0.140. The van der Waals surface area contributed by atoms with Crippen molar-refractivity contribution in [3.8, 4) is 5.75 Å². The molecule has 3 aromatic rings. The molecule has 0 saturated heterocycles. The Labute approximate surface area is 275 Å². The van der Waals surface area contributed by atoms with E-state index in [2.05, 4.69) is 5.32 Å². The summed E-state index contributed by atoms with van der Waals surface area (Å²) in [5, 5.41) is 3.62. The molecule has 238 valence electrons. The Morgan fingerprint density at radius 1 is 0.955 bits per heavy atom. The fourth-order valence-corrected chi connectivity index (χ4v) is 6.68. The van der Waals surface area contributed by atoms with E-state index < -0.39 is 28.5 Å². The third kappa shape index (κ3) is 8.84. The van der Waals surface area contributed by atoms with Gasteiger partial charge in [0.25, 0.3) is 10.0 Å². The molecule has 0 radical (unpaired) electrons. The molecule has 0 bridgehead atoms. The van der Waals surface area contributed by atoms with E-state index in [0.717, 1.165) is 9.20 Å². The van der Waals surface area contributed by atoms with Gasteiger partial charge in [-0.25, -0.2) is 8.42 Å². The summed E-state index contributed by atoms with van der Waals surface area (Å²) in [6.45, 7) is 7.16. The number of rotatable bonds is 15. The standard InChI is InChI=1S/C32H39Cl2N3O5S2/c1-6-22(4)35-32(39)28(7-2)36(20-23-13-18-26(33)27(34)19-23)31(38)21-37(29-11-9-10-12-30(29)42-8-3)44(40,41)25-16-14-24(43-5)15-17-25/h9-19,22,28H,6-8,20-21H2,1-5H3,(H,35,39)/t22-,28+/m0/s1. The van der Waals surface area contributed by atoms with Crippen molar-refractivity contribution < 1.29 is 22.7 Å². The molecular weight excluding hydrogens is 641 g/mol. The molecular formula is C32H39Cl2N3O5S2. The second-order valence-electron chi connectivity index (χ2n) is 10.1. The number of carbonyl (C=O) groups excluding carboxylic acids is 2. The third-order valence-electron chi connectivity index (χ3n) is 7.08. The number of ether oxygens (including phenoxy) is 1. The first kappa shape index (κ1) is 35.6. The van der Waals surface area contributed by atoms with Gasteiger partial charge in [-0.05, 0) is 87.0 Å². The van der Waals surface area contributed by atoms with Gasteiger partial charge < -0.3 is 15.0 Å². The van der Waals surface area contributed by atoms with Crippen molar-refractivity contribution in [2.75, 3.05) is 23.7 Å². The van der Waals surface area contributed by atoms with Crippen LogP contribution in [0.2, 0.25) is 10.0 Å². The maximum atomic E-state index is 14.3. The number of sulfonamides is 1. The number of anilines is 1. The molecule has 0 aliphatic rings. The SMILES string of the molecule is CCOc1ccccc1N(CC(=O)N(Cc1ccc(Cl)c(Cl)c1)[C@H](CC)C(=O)N[C@@H](C)CC)S(=O)(=O)c1ccc(SC)cc1. The molecule has 0 aliphatic heterocycles. The van der Waals surface area contributed by atoms with Crippen molar-refractivity contribution >= 4 is 62.5 Å². The predicted molar refractivity (Wildman–Crippen MR) is 179 cm³/mol. The van der Waals surface area contributed by atoms with E-state index in [0.29, 0.717) is 40.8 Å². The molecule has 8 nitrogen and oxygen atoms in total. The Bertz CT molecular complexity index is 1540. The number of carbonyl (C=O) groups is 2. The molecule has 0 aromatic heterocycles. The van der Waals surface area contributed by atoms with Gasteiger partial charge in [0.1, 0.15) is 18.3 Å². The molecule has 1 N–H and O–H groups in total. The van der Waals surface area contributed by atoms with Crippen LogP contribution in [0.3, 0.4) is 0 Å². The smallest absolute Gasteiger partial charge is 0.264 e. The molecule has 0 saturated carbocycles. The number of hydrogen-bond donors (Lipinski definition) is 1. The molecule has 2 amide bonds. The van der Waals surface area contributed by atoms with Gasteiger partial charge in [0, 0.05) is 17.5 Å².